The highest BCUT2D eigenvalue weighted by Gasteiger charge is 2.15. The summed E-state index contributed by atoms with van der Waals surface area (Å²) in [6.45, 7) is 10.3. The number of thioether (sulfide) groups is 1. The molecule has 0 saturated carbocycles. The second kappa shape index (κ2) is 8.68. The van der Waals surface area contributed by atoms with Crippen molar-refractivity contribution in [3.8, 4) is 0 Å². The zero-order valence-electron chi connectivity index (χ0n) is 20.0. The first-order valence-corrected chi connectivity index (χ1v) is 12.2. The summed E-state index contributed by atoms with van der Waals surface area (Å²) in [5, 5.41) is 5.32. The molecule has 0 saturated heterocycles. The van der Waals surface area contributed by atoms with Gasteiger partial charge in [-0.15, -0.1) is 5.10 Å². The van der Waals surface area contributed by atoms with Crippen molar-refractivity contribution in [1.82, 2.24) is 29.0 Å². The number of hydrogen-bond donors (Lipinski definition) is 0. The summed E-state index contributed by atoms with van der Waals surface area (Å²) in [7, 11) is 0. The molecule has 172 valence electrons. The van der Waals surface area contributed by atoms with Gasteiger partial charge >= 0.3 is 0 Å². The minimum absolute atomic E-state index is 0.0779. The maximum absolute atomic E-state index is 12.6. The number of pyridine rings is 1. The quantitative estimate of drug-likeness (QED) is 0.351. The molecule has 0 aliphatic heterocycles. The SMILES string of the molecule is Cc1ccc(C)c(Cc2c(C)nc3nc(SCc4cc(=O)n5c(C)cccc5n4)nn3c2C)c1. The third-order valence-electron chi connectivity index (χ3n) is 6.18. The van der Waals surface area contributed by atoms with Gasteiger partial charge in [0.25, 0.3) is 11.3 Å². The minimum Gasteiger partial charge on any atom is -0.269 e. The van der Waals surface area contributed by atoms with Crippen molar-refractivity contribution < 1.29 is 0 Å². The van der Waals surface area contributed by atoms with E-state index in [-0.39, 0.29) is 5.56 Å². The van der Waals surface area contributed by atoms with Crippen LogP contribution in [0.3, 0.4) is 0 Å². The van der Waals surface area contributed by atoms with Crippen LogP contribution in [-0.4, -0.2) is 29.0 Å². The molecule has 0 aliphatic carbocycles. The average molecular weight is 471 g/mol. The fraction of sp³-hybridized carbons (Fsp3) is 0.269. The monoisotopic (exact) mass is 470 g/mol. The number of aryl methyl sites for hydroxylation is 5. The lowest BCUT2D eigenvalue weighted by Gasteiger charge is -2.12. The fourth-order valence-corrected chi connectivity index (χ4v) is 4.97. The molecular weight excluding hydrogens is 444 g/mol. The first-order valence-electron chi connectivity index (χ1n) is 11.2. The van der Waals surface area contributed by atoms with Gasteiger partial charge in [-0.2, -0.15) is 4.98 Å². The molecule has 8 heteroatoms. The normalized spacial score (nSPS) is 11.6. The van der Waals surface area contributed by atoms with Gasteiger partial charge in [0.05, 0.1) is 5.69 Å². The van der Waals surface area contributed by atoms with E-state index in [1.807, 2.05) is 36.6 Å². The summed E-state index contributed by atoms with van der Waals surface area (Å²) in [5.74, 6) is 1.09. The van der Waals surface area contributed by atoms with Gasteiger partial charge in [-0.05, 0) is 63.4 Å². The maximum Gasteiger partial charge on any atom is 0.258 e. The molecule has 1 aromatic carbocycles. The minimum atomic E-state index is -0.0779. The molecule has 0 bridgehead atoms. The Morgan fingerprint density at radius 2 is 1.76 bits per heavy atom. The molecule has 0 aliphatic rings. The Morgan fingerprint density at radius 3 is 2.59 bits per heavy atom. The average Bonchev–Trinajstić information content (AvgIpc) is 3.20. The van der Waals surface area contributed by atoms with Crippen LogP contribution in [0.2, 0.25) is 0 Å². The molecular formula is C26H26N6OS. The third kappa shape index (κ3) is 4.09. The summed E-state index contributed by atoms with van der Waals surface area (Å²) in [5.41, 5.74) is 9.14. The summed E-state index contributed by atoms with van der Waals surface area (Å²) >= 11 is 1.46. The Kier molecular flexibility index (Phi) is 5.69. The number of fused-ring (bicyclic) bond motifs is 2. The first kappa shape index (κ1) is 22.3. The third-order valence-corrected chi connectivity index (χ3v) is 7.05. The lowest BCUT2D eigenvalue weighted by Crippen LogP contribution is -2.17. The van der Waals surface area contributed by atoms with Crippen molar-refractivity contribution in [2.75, 3.05) is 0 Å². The molecule has 0 spiro atoms. The molecule has 0 amide bonds. The van der Waals surface area contributed by atoms with E-state index in [1.54, 1.807) is 10.5 Å². The predicted molar refractivity (Wildman–Crippen MR) is 135 cm³/mol. The van der Waals surface area contributed by atoms with Crippen LogP contribution in [0.15, 0.2) is 52.4 Å². The first-order chi connectivity index (χ1) is 16.3. The Bertz CT molecular complexity index is 1620. The van der Waals surface area contributed by atoms with Crippen LogP contribution in [0.4, 0.5) is 0 Å². The van der Waals surface area contributed by atoms with E-state index in [2.05, 4.69) is 48.9 Å². The van der Waals surface area contributed by atoms with Crippen LogP contribution < -0.4 is 5.56 Å². The summed E-state index contributed by atoms with van der Waals surface area (Å²) in [4.78, 5) is 26.5. The standard InChI is InChI=1S/C26H26N6OS/c1-15-9-10-16(2)20(11-15)12-22-18(4)27-25-29-26(30-32(25)19(22)5)34-14-21-13-24(33)31-17(3)7-6-8-23(31)28-21/h6-11,13H,12,14H2,1-5H3. The summed E-state index contributed by atoms with van der Waals surface area (Å²) in [6.07, 6.45) is 0.806. The topological polar surface area (TPSA) is 77.5 Å². The largest absolute Gasteiger partial charge is 0.269 e. The highest BCUT2D eigenvalue weighted by Crippen LogP contribution is 2.24. The second-order valence-corrected chi connectivity index (χ2v) is 9.65. The zero-order chi connectivity index (χ0) is 24.0. The second-order valence-electron chi connectivity index (χ2n) is 8.71. The van der Waals surface area contributed by atoms with Crippen LogP contribution in [0.25, 0.3) is 11.4 Å². The van der Waals surface area contributed by atoms with Gasteiger partial charge in [-0.3, -0.25) is 9.20 Å². The summed E-state index contributed by atoms with van der Waals surface area (Å²) < 4.78 is 3.44. The van der Waals surface area contributed by atoms with Crippen molar-refractivity contribution in [1.29, 1.82) is 0 Å². The van der Waals surface area contributed by atoms with E-state index in [4.69, 9.17) is 10.1 Å². The molecule has 5 rings (SSSR count). The molecule has 0 unspecified atom stereocenters. The van der Waals surface area contributed by atoms with Gasteiger partial charge in [0.1, 0.15) is 5.65 Å². The van der Waals surface area contributed by atoms with Crippen molar-refractivity contribution in [2.24, 2.45) is 0 Å². The van der Waals surface area contributed by atoms with Gasteiger partial charge in [-0.25, -0.2) is 14.5 Å². The van der Waals surface area contributed by atoms with Gasteiger partial charge in [0.2, 0.25) is 5.16 Å². The van der Waals surface area contributed by atoms with Crippen LogP contribution >= 0.6 is 11.8 Å². The lowest BCUT2D eigenvalue weighted by molar-refractivity contribution is 0.823. The Hall–Kier alpha value is -3.52. The van der Waals surface area contributed by atoms with Gasteiger partial charge in [0.15, 0.2) is 0 Å². The highest BCUT2D eigenvalue weighted by atomic mass is 32.2. The highest BCUT2D eigenvalue weighted by molar-refractivity contribution is 7.98. The molecule has 7 nitrogen and oxygen atoms in total. The molecule has 5 aromatic rings. The molecule has 34 heavy (non-hydrogen) atoms. The Balaban J connectivity index is 1.43. The van der Waals surface area contributed by atoms with Crippen molar-refractivity contribution in [3.05, 3.63) is 97.8 Å². The van der Waals surface area contributed by atoms with E-state index in [9.17, 15) is 4.79 Å². The smallest absolute Gasteiger partial charge is 0.258 e. The van der Waals surface area contributed by atoms with Crippen LogP contribution in [0.5, 0.6) is 0 Å². The van der Waals surface area contributed by atoms with Crippen molar-refractivity contribution >= 4 is 23.2 Å². The van der Waals surface area contributed by atoms with Gasteiger partial charge in [0, 0.05) is 35.3 Å². The van der Waals surface area contributed by atoms with E-state index in [0.29, 0.717) is 28.0 Å². The number of nitrogens with zero attached hydrogens (tertiary/aromatic N) is 6. The van der Waals surface area contributed by atoms with Crippen LogP contribution in [0, 0.1) is 34.6 Å². The number of rotatable bonds is 5. The maximum atomic E-state index is 12.6. The number of hydrogen-bond acceptors (Lipinski definition) is 6. The van der Waals surface area contributed by atoms with E-state index >= 15 is 0 Å². The van der Waals surface area contributed by atoms with Crippen molar-refractivity contribution in [2.45, 2.75) is 51.9 Å². The Labute approximate surface area is 201 Å². The Morgan fingerprint density at radius 1 is 0.941 bits per heavy atom. The van der Waals surface area contributed by atoms with E-state index < -0.39 is 0 Å². The van der Waals surface area contributed by atoms with Crippen LogP contribution in [-0.2, 0) is 12.2 Å². The van der Waals surface area contributed by atoms with Gasteiger partial charge < -0.3 is 0 Å². The predicted octanol–water partition coefficient (Wildman–Crippen LogP) is 4.56. The molecule has 4 aromatic heterocycles. The fourth-order valence-electron chi connectivity index (χ4n) is 4.26. The molecule has 0 fully saturated rings. The van der Waals surface area contributed by atoms with Crippen LogP contribution in [0.1, 0.15) is 45.0 Å². The van der Waals surface area contributed by atoms with Crippen molar-refractivity contribution in [3.63, 3.8) is 0 Å². The molecule has 0 atom stereocenters. The van der Waals surface area contributed by atoms with Gasteiger partial charge in [-0.1, -0.05) is 41.6 Å². The molecule has 0 radical (unpaired) electrons. The van der Waals surface area contributed by atoms with E-state index in [1.165, 1.54) is 34.0 Å². The lowest BCUT2D eigenvalue weighted by atomic mass is 9.97. The van der Waals surface area contributed by atoms with E-state index in [0.717, 1.165) is 23.5 Å². The number of aromatic nitrogens is 6. The summed E-state index contributed by atoms with van der Waals surface area (Å²) in [6, 6.07) is 13.8. The molecule has 0 N–H and O–H groups in total. The molecule has 4 heterocycles. The number of benzene rings is 1. The zero-order valence-corrected chi connectivity index (χ0v) is 20.8.